The van der Waals surface area contributed by atoms with Gasteiger partial charge in [-0.15, -0.1) is 0 Å². The molecule has 2 aromatic heterocycles. The summed E-state index contributed by atoms with van der Waals surface area (Å²) >= 11 is 0. The van der Waals surface area contributed by atoms with Gasteiger partial charge in [0.1, 0.15) is 0 Å². The lowest BCUT2D eigenvalue weighted by Crippen LogP contribution is -2.61. The molecule has 4 nitrogen and oxygen atoms in total. The first-order valence-electron chi connectivity index (χ1n) is 37.0. The molecule has 498 valence electrons. The molecule has 5 heteroatoms. The highest BCUT2D eigenvalue weighted by Gasteiger charge is 2.45. The van der Waals surface area contributed by atoms with E-state index >= 15 is 0 Å². The maximum absolute atomic E-state index is 2.64. The predicted octanol–water partition coefficient (Wildman–Crippen LogP) is 24.3. The van der Waals surface area contributed by atoms with Crippen molar-refractivity contribution < 1.29 is 0 Å². The van der Waals surface area contributed by atoms with Crippen LogP contribution in [0.15, 0.2) is 249 Å². The molecule has 0 saturated heterocycles. The fraction of sp³-hybridized carbons (Fsp3) is 0.250. The summed E-state index contributed by atoms with van der Waals surface area (Å²) in [7, 11) is 0. The molecule has 2 aliphatic heterocycles. The number of hydrogen-bond donors (Lipinski definition) is 0. The second kappa shape index (κ2) is 22.2. The van der Waals surface area contributed by atoms with Crippen molar-refractivity contribution in [3.63, 3.8) is 0 Å². The third-order valence-corrected chi connectivity index (χ3v) is 24.4. The quantitative estimate of drug-likeness (QED) is 0.148. The summed E-state index contributed by atoms with van der Waals surface area (Å²) in [5, 5.41) is 5.00. The Morgan fingerprint density at radius 1 is 0.277 bits per heavy atom. The van der Waals surface area contributed by atoms with Gasteiger partial charge in [0.25, 0.3) is 6.71 Å². The number of para-hydroxylation sites is 3. The van der Waals surface area contributed by atoms with Crippen molar-refractivity contribution in [3.05, 3.63) is 282 Å². The van der Waals surface area contributed by atoms with Crippen LogP contribution in [0.3, 0.4) is 0 Å². The first-order chi connectivity index (χ1) is 48.3. The molecule has 12 aromatic carbocycles. The molecule has 4 heterocycles. The maximum atomic E-state index is 2.64. The van der Waals surface area contributed by atoms with Crippen LogP contribution in [-0.4, -0.2) is 15.8 Å². The van der Waals surface area contributed by atoms with Gasteiger partial charge < -0.3 is 18.9 Å². The highest BCUT2D eigenvalue weighted by atomic mass is 15.2. The van der Waals surface area contributed by atoms with Crippen LogP contribution in [0.4, 0.5) is 34.1 Å². The summed E-state index contributed by atoms with van der Waals surface area (Å²) in [4.78, 5) is 5.25. The number of anilines is 6. The predicted molar refractivity (Wildman–Crippen MR) is 433 cm³/mol. The van der Waals surface area contributed by atoms with E-state index in [9.17, 15) is 0 Å². The van der Waals surface area contributed by atoms with Gasteiger partial charge in [-0.2, -0.15) is 0 Å². The Bertz CT molecular complexity index is 5700. The van der Waals surface area contributed by atoms with Crippen molar-refractivity contribution in [2.24, 2.45) is 0 Å². The Morgan fingerprint density at radius 3 is 1.21 bits per heavy atom. The lowest BCUT2D eigenvalue weighted by atomic mass is 9.33. The molecule has 14 aromatic rings. The summed E-state index contributed by atoms with van der Waals surface area (Å²) in [5.41, 5.74) is 34.0. The van der Waals surface area contributed by atoms with Crippen LogP contribution in [0.25, 0.3) is 88.4 Å². The van der Waals surface area contributed by atoms with Gasteiger partial charge in [-0.1, -0.05) is 261 Å². The molecule has 0 atom stereocenters. The molecule has 0 radical (unpaired) electrons. The Labute approximate surface area is 598 Å². The third-order valence-electron chi connectivity index (χ3n) is 24.4. The van der Waals surface area contributed by atoms with Gasteiger partial charge in [0.2, 0.25) is 0 Å². The average molecular weight is 1310 g/mol. The highest BCUT2D eigenvalue weighted by Crippen LogP contribution is 2.52. The number of hydrogen-bond acceptors (Lipinski definition) is 2. The van der Waals surface area contributed by atoms with Gasteiger partial charge in [-0.3, -0.25) is 0 Å². The van der Waals surface area contributed by atoms with Crippen LogP contribution >= 0.6 is 0 Å². The fourth-order valence-corrected chi connectivity index (χ4v) is 18.2. The molecular weight excluding hydrogens is 1220 g/mol. The Hall–Kier alpha value is -10.1. The monoisotopic (exact) mass is 1310 g/mol. The van der Waals surface area contributed by atoms with E-state index in [4.69, 9.17) is 0 Å². The number of fused-ring (bicyclic) bond motifs is 12. The molecule has 0 amide bonds. The van der Waals surface area contributed by atoms with E-state index in [0.29, 0.717) is 0 Å². The van der Waals surface area contributed by atoms with Crippen LogP contribution in [-0.2, 0) is 32.5 Å². The number of nitrogens with zero attached hydrogens (tertiary/aromatic N) is 4. The van der Waals surface area contributed by atoms with Crippen molar-refractivity contribution in [3.8, 4) is 44.8 Å². The van der Waals surface area contributed by atoms with Crippen molar-refractivity contribution >= 4 is 101 Å². The number of rotatable bonds is 7. The SMILES string of the molecule is CC(C)(C)c1cccc(-c2ccc3c(c2)B2c4ccc(-n5c6ccccc6c6cc(C(C)(C)C)ccc65)cc4N(c4ccc(-c5ccc6c(c5)C(C)(C)CCC6(C)C)cc4)c4cc(-n5c6ccccc6c6ccccc65)cc(c42)N3c2ccc(-c3ccc4c(c3)C(C)(C)CCC4(C)C)cc2)c1. The second-order valence-electron chi connectivity index (χ2n) is 34.7. The van der Waals surface area contributed by atoms with Crippen molar-refractivity contribution in [2.75, 3.05) is 9.80 Å². The lowest BCUT2D eigenvalue weighted by molar-refractivity contribution is 0.332. The first-order valence-corrected chi connectivity index (χ1v) is 37.0. The van der Waals surface area contributed by atoms with E-state index in [2.05, 4.69) is 365 Å². The summed E-state index contributed by atoms with van der Waals surface area (Å²) in [6, 6.07) is 97.2. The molecule has 0 saturated carbocycles. The fourth-order valence-electron chi connectivity index (χ4n) is 18.2. The third kappa shape index (κ3) is 9.98. The summed E-state index contributed by atoms with van der Waals surface area (Å²) in [6.07, 6.45) is 4.72. The van der Waals surface area contributed by atoms with Crippen LogP contribution in [0, 0.1) is 0 Å². The molecule has 0 fully saturated rings. The largest absolute Gasteiger partial charge is 0.311 e. The van der Waals surface area contributed by atoms with Gasteiger partial charge in [0, 0.05) is 61.4 Å². The molecule has 0 spiro atoms. The normalized spacial score (nSPS) is 16.3. The zero-order chi connectivity index (χ0) is 69.6. The van der Waals surface area contributed by atoms with E-state index in [1.54, 1.807) is 0 Å². The summed E-state index contributed by atoms with van der Waals surface area (Å²) < 4.78 is 5.06. The topological polar surface area (TPSA) is 16.3 Å². The van der Waals surface area contributed by atoms with Crippen molar-refractivity contribution in [1.82, 2.24) is 9.13 Å². The zero-order valence-corrected chi connectivity index (χ0v) is 61.4. The molecule has 2 aliphatic carbocycles. The Morgan fingerprint density at radius 2 is 0.683 bits per heavy atom. The Balaban J connectivity index is 0.918. The smallest absolute Gasteiger partial charge is 0.252 e. The molecular formula is C96H91BN4. The van der Waals surface area contributed by atoms with Gasteiger partial charge in [-0.05, 0) is 226 Å². The van der Waals surface area contributed by atoms with Crippen molar-refractivity contribution in [2.45, 2.75) is 155 Å². The average Bonchev–Trinajstić information content (AvgIpc) is 1.42. The molecule has 101 heavy (non-hydrogen) atoms. The molecule has 18 rings (SSSR count). The highest BCUT2D eigenvalue weighted by molar-refractivity contribution is 7.00. The molecule has 4 aliphatic rings. The summed E-state index contributed by atoms with van der Waals surface area (Å²) in [5.74, 6) is 0. The van der Waals surface area contributed by atoms with E-state index in [-0.39, 0.29) is 39.2 Å². The summed E-state index contributed by atoms with van der Waals surface area (Å²) in [6.45, 7) is 33.2. The van der Waals surface area contributed by atoms with E-state index in [0.717, 1.165) is 39.8 Å². The van der Waals surface area contributed by atoms with Gasteiger partial charge in [0.05, 0.1) is 27.8 Å². The van der Waals surface area contributed by atoms with Gasteiger partial charge >= 0.3 is 0 Å². The van der Waals surface area contributed by atoms with E-state index < -0.39 is 0 Å². The van der Waals surface area contributed by atoms with Crippen LogP contribution in [0.1, 0.15) is 156 Å². The van der Waals surface area contributed by atoms with Crippen LogP contribution in [0.5, 0.6) is 0 Å². The van der Waals surface area contributed by atoms with E-state index in [1.807, 2.05) is 0 Å². The maximum Gasteiger partial charge on any atom is 0.252 e. The minimum absolute atomic E-state index is 0.0151. The molecule has 0 unspecified atom stereocenters. The number of benzene rings is 12. The zero-order valence-electron chi connectivity index (χ0n) is 61.4. The van der Waals surface area contributed by atoms with Gasteiger partial charge in [0.15, 0.2) is 0 Å². The van der Waals surface area contributed by atoms with Crippen LogP contribution < -0.4 is 26.2 Å². The lowest BCUT2D eigenvalue weighted by Gasteiger charge is -2.44. The van der Waals surface area contributed by atoms with E-state index in [1.165, 1.54) is 158 Å². The minimum atomic E-state index is -0.165. The first kappa shape index (κ1) is 63.1. The standard InChI is InChI=1S/C96H91BN4/c1-91(2,3)66-23-21-22-62(52-66)65-36-46-86-81(55-65)97-80-45-42-70(100-84-29-20-17-26-74(84)75-56-67(92(4,5)6)37-47-85(75)100)57-87(80)99(69-40-32-61(33-41-69)64-35-44-77-79(54-64)96(13,14)51-49-94(77,9)10)89-59-71(101-82-27-18-15-24-72(82)73-25-16-19-28-83(73)101)58-88(90(89)97)98(86)68-38-30-60(31-39-68)63-34-43-76-78(53-63)95(11,12)50-48-93(76,7)8/h15-47,52-59H,48-51H2,1-14H3. The minimum Gasteiger partial charge on any atom is -0.311 e. The second-order valence-corrected chi connectivity index (χ2v) is 34.7. The Kier molecular flexibility index (Phi) is 13.9. The van der Waals surface area contributed by atoms with Crippen LogP contribution in [0.2, 0.25) is 0 Å². The molecule has 0 N–H and O–H groups in total. The van der Waals surface area contributed by atoms with Crippen molar-refractivity contribution in [1.29, 1.82) is 0 Å². The van der Waals surface area contributed by atoms with Gasteiger partial charge in [-0.25, -0.2) is 0 Å². The number of aromatic nitrogens is 2. The molecule has 0 bridgehead atoms.